The first kappa shape index (κ1) is 7.72. The van der Waals surface area contributed by atoms with Gasteiger partial charge in [0.2, 0.25) is 0 Å². The van der Waals surface area contributed by atoms with Gasteiger partial charge in [0.15, 0.2) is 0 Å². The molecule has 58 valence electrons. The van der Waals surface area contributed by atoms with Crippen LogP contribution < -0.4 is 0 Å². The van der Waals surface area contributed by atoms with E-state index in [9.17, 15) is 0 Å². The fourth-order valence-electron chi connectivity index (χ4n) is 0.773. The lowest BCUT2D eigenvalue weighted by atomic mass is 10.1. The molecule has 1 rings (SSSR count). The number of ether oxygens (including phenoxy) is 1. The molecule has 0 saturated carbocycles. The van der Waals surface area contributed by atoms with Gasteiger partial charge < -0.3 is 14.9 Å². The zero-order valence-electron chi connectivity index (χ0n) is 5.73. The summed E-state index contributed by atoms with van der Waals surface area (Å²) in [5.41, 5.74) is 0. The van der Waals surface area contributed by atoms with Crippen molar-refractivity contribution in [3.63, 3.8) is 0 Å². The molecule has 1 saturated heterocycles. The second-order valence-corrected chi connectivity index (χ2v) is 2.48. The smallest absolute Gasteiger partial charge is 0.107 e. The van der Waals surface area contributed by atoms with E-state index in [0.29, 0.717) is 13.0 Å². The predicted molar refractivity (Wildman–Crippen MR) is 36.6 cm³/mol. The zero-order valence-corrected chi connectivity index (χ0v) is 5.73. The third-order valence-electron chi connectivity index (χ3n) is 1.54. The van der Waals surface area contributed by atoms with Crippen molar-refractivity contribution < 1.29 is 14.9 Å². The minimum atomic E-state index is -0.612. The van der Waals surface area contributed by atoms with E-state index >= 15 is 0 Å². The number of rotatable bonds is 4. The highest BCUT2D eigenvalue weighted by molar-refractivity contribution is 4.86. The van der Waals surface area contributed by atoms with Crippen LogP contribution in [0.5, 0.6) is 0 Å². The lowest BCUT2D eigenvalue weighted by molar-refractivity contribution is 0.0812. The van der Waals surface area contributed by atoms with E-state index in [-0.39, 0.29) is 6.10 Å². The quantitative estimate of drug-likeness (QED) is 0.420. The van der Waals surface area contributed by atoms with Gasteiger partial charge in [-0.15, -0.1) is 6.58 Å². The van der Waals surface area contributed by atoms with Crippen LogP contribution in [0.4, 0.5) is 0 Å². The summed E-state index contributed by atoms with van der Waals surface area (Å²) < 4.78 is 4.82. The average molecular weight is 144 g/mol. The largest absolute Gasteiger partial charge is 0.390 e. The Labute approximate surface area is 59.9 Å². The number of aliphatic hydroxyl groups is 2. The molecule has 0 bridgehead atoms. The Bertz CT molecular complexity index is 120. The molecule has 1 fully saturated rings. The fourth-order valence-corrected chi connectivity index (χ4v) is 0.773. The molecule has 0 aliphatic carbocycles. The number of epoxide rings is 1. The summed E-state index contributed by atoms with van der Waals surface area (Å²) in [6.45, 7) is 4.01. The van der Waals surface area contributed by atoms with Gasteiger partial charge in [-0.3, -0.25) is 0 Å². The average Bonchev–Trinajstić information content (AvgIpc) is 2.68. The minimum Gasteiger partial charge on any atom is -0.390 e. The van der Waals surface area contributed by atoms with Crippen LogP contribution in [0.25, 0.3) is 0 Å². The van der Waals surface area contributed by atoms with E-state index in [4.69, 9.17) is 14.9 Å². The van der Waals surface area contributed by atoms with Gasteiger partial charge in [-0.1, -0.05) is 6.08 Å². The summed E-state index contributed by atoms with van der Waals surface area (Å²) in [5.74, 6) is 0. The van der Waals surface area contributed by atoms with E-state index in [2.05, 4.69) is 6.58 Å². The predicted octanol–water partition coefficient (Wildman–Crippen LogP) is -0.317. The van der Waals surface area contributed by atoms with Crippen LogP contribution in [0, 0.1) is 0 Å². The molecule has 0 aromatic rings. The van der Waals surface area contributed by atoms with Gasteiger partial charge in [0.05, 0.1) is 18.8 Å². The number of aliphatic hydroxyl groups excluding tert-OH is 2. The second-order valence-electron chi connectivity index (χ2n) is 2.48. The third-order valence-corrected chi connectivity index (χ3v) is 1.54. The number of hydrogen-bond donors (Lipinski definition) is 2. The molecule has 10 heavy (non-hydrogen) atoms. The summed E-state index contributed by atoms with van der Waals surface area (Å²) in [5, 5.41) is 18.1. The Morgan fingerprint density at radius 1 is 1.70 bits per heavy atom. The highest BCUT2D eigenvalue weighted by Crippen LogP contribution is 2.17. The molecule has 0 amide bonds. The minimum absolute atomic E-state index is 0.0467. The third kappa shape index (κ3) is 2.10. The fraction of sp³-hybridized carbons (Fsp3) is 0.714. The Balaban J connectivity index is 2.15. The molecule has 3 atom stereocenters. The van der Waals surface area contributed by atoms with E-state index in [1.165, 1.54) is 6.08 Å². The topological polar surface area (TPSA) is 53.0 Å². The lowest BCUT2D eigenvalue weighted by Crippen LogP contribution is -2.20. The van der Waals surface area contributed by atoms with Crippen LogP contribution in [0.1, 0.15) is 6.42 Å². The van der Waals surface area contributed by atoms with E-state index < -0.39 is 12.2 Å². The number of hydrogen-bond acceptors (Lipinski definition) is 3. The first-order valence-electron chi connectivity index (χ1n) is 3.34. The first-order chi connectivity index (χ1) is 4.74. The van der Waals surface area contributed by atoms with Crippen LogP contribution in [0.15, 0.2) is 12.7 Å². The van der Waals surface area contributed by atoms with Crippen LogP contribution in [0.3, 0.4) is 0 Å². The summed E-state index contributed by atoms with van der Waals surface area (Å²) in [6.07, 6.45) is 0.543. The van der Waals surface area contributed by atoms with Crippen molar-refractivity contribution in [1.29, 1.82) is 0 Å². The summed E-state index contributed by atoms with van der Waals surface area (Å²) >= 11 is 0. The van der Waals surface area contributed by atoms with E-state index in [0.717, 1.165) is 0 Å². The molecule has 0 aromatic heterocycles. The van der Waals surface area contributed by atoms with Crippen molar-refractivity contribution in [3.8, 4) is 0 Å². The van der Waals surface area contributed by atoms with Crippen LogP contribution in [0.2, 0.25) is 0 Å². The van der Waals surface area contributed by atoms with Crippen LogP contribution in [-0.4, -0.2) is 35.1 Å². The SMILES string of the molecule is C=C[C@H](O)C[C@@H](O)[C@@H]1CO1. The Morgan fingerprint density at radius 2 is 2.30 bits per heavy atom. The van der Waals surface area contributed by atoms with Crippen molar-refractivity contribution in [2.24, 2.45) is 0 Å². The standard InChI is InChI=1S/C7H12O3/c1-2-5(8)3-6(9)7-4-10-7/h2,5-9H,1,3-4H2/t5-,6+,7-/m0/s1. The van der Waals surface area contributed by atoms with Crippen LogP contribution >= 0.6 is 0 Å². The summed E-state index contributed by atoms with van der Waals surface area (Å²) in [6, 6.07) is 0. The first-order valence-corrected chi connectivity index (χ1v) is 3.34. The van der Waals surface area contributed by atoms with Crippen molar-refractivity contribution in [3.05, 3.63) is 12.7 Å². The molecular weight excluding hydrogens is 132 g/mol. The Hall–Kier alpha value is -0.380. The summed E-state index contributed by atoms with van der Waals surface area (Å²) in [7, 11) is 0. The maximum Gasteiger partial charge on any atom is 0.107 e. The van der Waals surface area contributed by atoms with Gasteiger partial charge in [-0.05, 0) is 0 Å². The molecule has 0 unspecified atom stereocenters. The maximum atomic E-state index is 9.16. The van der Waals surface area contributed by atoms with E-state index in [1.54, 1.807) is 0 Å². The summed E-state index contributed by atoms with van der Waals surface area (Å²) in [4.78, 5) is 0. The molecule has 1 aliphatic heterocycles. The molecule has 0 spiro atoms. The van der Waals surface area contributed by atoms with Gasteiger partial charge in [0, 0.05) is 6.42 Å². The van der Waals surface area contributed by atoms with Crippen LogP contribution in [-0.2, 0) is 4.74 Å². The Kier molecular flexibility index (Phi) is 2.43. The molecular formula is C7H12O3. The highest BCUT2D eigenvalue weighted by Gasteiger charge is 2.31. The van der Waals surface area contributed by atoms with Gasteiger partial charge in [0.1, 0.15) is 6.10 Å². The molecule has 2 N–H and O–H groups in total. The lowest BCUT2D eigenvalue weighted by Gasteiger charge is -2.08. The van der Waals surface area contributed by atoms with Crippen molar-refractivity contribution in [1.82, 2.24) is 0 Å². The molecule has 3 nitrogen and oxygen atoms in total. The van der Waals surface area contributed by atoms with Gasteiger partial charge in [-0.25, -0.2) is 0 Å². The van der Waals surface area contributed by atoms with Crippen molar-refractivity contribution >= 4 is 0 Å². The molecule has 0 radical (unpaired) electrons. The van der Waals surface area contributed by atoms with E-state index in [1.807, 2.05) is 0 Å². The molecule has 1 heterocycles. The highest BCUT2D eigenvalue weighted by atomic mass is 16.6. The van der Waals surface area contributed by atoms with Gasteiger partial charge in [-0.2, -0.15) is 0 Å². The Morgan fingerprint density at radius 3 is 2.70 bits per heavy atom. The molecule has 1 aliphatic rings. The van der Waals surface area contributed by atoms with Crippen molar-refractivity contribution in [2.75, 3.05) is 6.61 Å². The monoisotopic (exact) mass is 144 g/mol. The molecule has 3 heteroatoms. The van der Waals surface area contributed by atoms with Crippen molar-refractivity contribution in [2.45, 2.75) is 24.7 Å². The second kappa shape index (κ2) is 3.14. The van der Waals surface area contributed by atoms with Gasteiger partial charge in [0.25, 0.3) is 0 Å². The zero-order chi connectivity index (χ0) is 7.56. The molecule has 0 aromatic carbocycles. The maximum absolute atomic E-state index is 9.16. The van der Waals surface area contributed by atoms with Gasteiger partial charge >= 0.3 is 0 Å². The normalized spacial score (nSPS) is 29.2.